The van der Waals surface area contributed by atoms with Crippen molar-refractivity contribution in [2.45, 2.75) is 11.5 Å². The molecule has 2 N–H and O–H groups in total. The lowest BCUT2D eigenvalue weighted by molar-refractivity contribution is 0.0467. The summed E-state index contributed by atoms with van der Waals surface area (Å²) in [7, 11) is -4.04. The number of carbonyl (C=O) groups excluding carboxylic acids is 1. The van der Waals surface area contributed by atoms with Gasteiger partial charge in [-0.3, -0.25) is 0 Å². The molecule has 0 atom stereocenters. The van der Waals surface area contributed by atoms with Crippen LogP contribution < -0.4 is 5.14 Å². The predicted octanol–water partition coefficient (Wildman–Crippen LogP) is 2.48. The van der Waals surface area contributed by atoms with Gasteiger partial charge in [-0.15, -0.1) is 0 Å². The Kier molecular flexibility index (Phi) is 4.80. The first-order chi connectivity index (χ1) is 10.3. The molecule has 0 fully saturated rings. The first kappa shape index (κ1) is 16.4. The summed E-state index contributed by atoms with van der Waals surface area (Å²) in [6, 6.07) is 9.25. The number of nitrogens with two attached hydrogens (primary N) is 1. The fourth-order valence-corrected chi connectivity index (χ4v) is 2.44. The van der Waals surface area contributed by atoms with Crippen molar-refractivity contribution in [1.82, 2.24) is 0 Å². The van der Waals surface area contributed by atoms with Crippen LogP contribution in [0.2, 0.25) is 5.02 Å². The molecule has 0 heterocycles. The van der Waals surface area contributed by atoms with Crippen molar-refractivity contribution in [3.8, 4) is 0 Å². The van der Waals surface area contributed by atoms with E-state index in [0.29, 0.717) is 10.6 Å². The molecule has 2 aromatic rings. The zero-order valence-electron chi connectivity index (χ0n) is 11.1. The fourth-order valence-electron chi connectivity index (χ4n) is 1.69. The first-order valence-electron chi connectivity index (χ1n) is 6.01. The first-order valence-corrected chi connectivity index (χ1v) is 7.94. The minimum absolute atomic E-state index is 0.127. The monoisotopic (exact) mass is 343 g/mol. The third kappa shape index (κ3) is 4.03. The molecule has 0 bridgehead atoms. The molecule has 116 valence electrons. The van der Waals surface area contributed by atoms with E-state index in [4.69, 9.17) is 21.5 Å². The number of primary sulfonamides is 1. The Morgan fingerprint density at radius 2 is 1.95 bits per heavy atom. The standard InChI is InChI=1S/C14H11ClFNO4S/c15-10-3-1-2-9(6-10)8-21-14(18)12-7-11(22(17,19)20)4-5-13(12)16/h1-7H,8H2,(H2,17,19,20). The zero-order chi connectivity index (χ0) is 16.3. The second-order valence-corrected chi connectivity index (χ2v) is 6.39. The van der Waals surface area contributed by atoms with Gasteiger partial charge in [0.15, 0.2) is 0 Å². The molecule has 5 nitrogen and oxygen atoms in total. The van der Waals surface area contributed by atoms with Crippen LogP contribution in [0, 0.1) is 5.82 Å². The summed E-state index contributed by atoms with van der Waals surface area (Å²) in [5.74, 6) is -1.90. The van der Waals surface area contributed by atoms with E-state index in [1.165, 1.54) is 0 Å². The van der Waals surface area contributed by atoms with Crippen LogP contribution in [0.3, 0.4) is 0 Å². The van der Waals surface area contributed by atoms with Crippen molar-refractivity contribution in [3.05, 3.63) is 64.4 Å². The molecule has 2 aromatic carbocycles. The molecule has 0 radical (unpaired) electrons. The number of halogens is 2. The molecule has 0 spiro atoms. The molecule has 22 heavy (non-hydrogen) atoms. The maximum Gasteiger partial charge on any atom is 0.341 e. The van der Waals surface area contributed by atoms with Gasteiger partial charge in [-0.25, -0.2) is 22.7 Å². The summed E-state index contributed by atoms with van der Waals surface area (Å²) in [6.45, 7) is -0.127. The Balaban J connectivity index is 2.19. The van der Waals surface area contributed by atoms with Gasteiger partial charge >= 0.3 is 5.97 Å². The maximum absolute atomic E-state index is 13.6. The second-order valence-electron chi connectivity index (χ2n) is 4.39. The third-order valence-corrected chi connectivity index (χ3v) is 3.89. The van der Waals surface area contributed by atoms with Crippen molar-refractivity contribution in [3.63, 3.8) is 0 Å². The molecule has 0 aliphatic carbocycles. The summed E-state index contributed by atoms with van der Waals surface area (Å²) < 4.78 is 41.0. The van der Waals surface area contributed by atoms with E-state index in [0.717, 1.165) is 18.2 Å². The van der Waals surface area contributed by atoms with E-state index in [9.17, 15) is 17.6 Å². The average Bonchev–Trinajstić information content (AvgIpc) is 2.44. The molecule has 0 amide bonds. The largest absolute Gasteiger partial charge is 0.457 e. The smallest absolute Gasteiger partial charge is 0.341 e. The highest BCUT2D eigenvalue weighted by Crippen LogP contribution is 2.17. The van der Waals surface area contributed by atoms with Crippen molar-refractivity contribution in [1.29, 1.82) is 0 Å². The Morgan fingerprint density at radius 3 is 2.59 bits per heavy atom. The van der Waals surface area contributed by atoms with Crippen LogP contribution >= 0.6 is 11.6 Å². The lowest BCUT2D eigenvalue weighted by Crippen LogP contribution is -2.14. The summed E-state index contributed by atoms with van der Waals surface area (Å²) in [5, 5.41) is 5.41. The van der Waals surface area contributed by atoms with Gasteiger partial charge in [0.25, 0.3) is 0 Å². The van der Waals surface area contributed by atoms with Crippen LogP contribution in [0.15, 0.2) is 47.4 Å². The molecule has 8 heteroatoms. The van der Waals surface area contributed by atoms with Crippen molar-refractivity contribution in [2.75, 3.05) is 0 Å². The quantitative estimate of drug-likeness (QED) is 0.864. The molecular weight excluding hydrogens is 333 g/mol. The highest BCUT2D eigenvalue weighted by Gasteiger charge is 2.18. The van der Waals surface area contributed by atoms with Gasteiger partial charge in [-0.1, -0.05) is 23.7 Å². The van der Waals surface area contributed by atoms with Crippen molar-refractivity contribution < 1.29 is 22.3 Å². The maximum atomic E-state index is 13.6. The van der Waals surface area contributed by atoms with Crippen LogP contribution in [0.4, 0.5) is 4.39 Å². The number of sulfonamides is 1. The van der Waals surface area contributed by atoms with E-state index < -0.39 is 27.4 Å². The predicted molar refractivity (Wildman–Crippen MR) is 78.3 cm³/mol. The highest BCUT2D eigenvalue weighted by molar-refractivity contribution is 7.89. The Bertz CT molecular complexity index is 823. The number of benzene rings is 2. The van der Waals surface area contributed by atoms with E-state index in [1.54, 1.807) is 24.3 Å². The summed E-state index contributed by atoms with van der Waals surface area (Å²) in [5.41, 5.74) is 0.109. The van der Waals surface area contributed by atoms with Crippen molar-refractivity contribution in [2.24, 2.45) is 5.14 Å². The lowest BCUT2D eigenvalue weighted by atomic mass is 10.2. The van der Waals surface area contributed by atoms with E-state index >= 15 is 0 Å². The molecule has 0 aromatic heterocycles. The number of esters is 1. The lowest BCUT2D eigenvalue weighted by Gasteiger charge is -2.07. The minimum Gasteiger partial charge on any atom is -0.457 e. The van der Waals surface area contributed by atoms with E-state index in [-0.39, 0.29) is 11.5 Å². The normalized spacial score (nSPS) is 11.2. The highest BCUT2D eigenvalue weighted by atomic mass is 35.5. The molecule has 2 rings (SSSR count). The molecule has 0 aliphatic rings. The van der Waals surface area contributed by atoms with Crippen molar-refractivity contribution >= 4 is 27.6 Å². The van der Waals surface area contributed by atoms with Gasteiger partial charge in [-0.05, 0) is 35.9 Å². The van der Waals surface area contributed by atoms with E-state index in [1.807, 2.05) is 0 Å². The molecule has 0 aliphatic heterocycles. The SMILES string of the molecule is NS(=O)(=O)c1ccc(F)c(C(=O)OCc2cccc(Cl)c2)c1. The zero-order valence-corrected chi connectivity index (χ0v) is 12.7. The van der Waals surface area contributed by atoms with Crippen LogP contribution in [-0.2, 0) is 21.4 Å². The number of ether oxygens (including phenoxy) is 1. The van der Waals surface area contributed by atoms with Gasteiger partial charge in [0.2, 0.25) is 10.0 Å². The van der Waals surface area contributed by atoms with Gasteiger partial charge in [0, 0.05) is 5.02 Å². The van der Waals surface area contributed by atoms with Crippen LogP contribution in [0.1, 0.15) is 15.9 Å². The second kappa shape index (κ2) is 6.43. The minimum atomic E-state index is -4.04. The fraction of sp³-hybridized carbons (Fsp3) is 0.0714. The number of hydrogen-bond donors (Lipinski definition) is 1. The van der Waals surface area contributed by atoms with Gasteiger partial charge in [0.1, 0.15) is 12.4 Å². The molecule has 0 unspecified atom stereocenters. The van der Waals surface area contributed by atoms with Crippen LogP contribution in [0.5, 0.6) is 0 Å². The van der Waals surface area contributed by atoms with Crippen LogP contribution in [-0.4, -0.2) is 14.4 Å². The van der Waals surface area contributed by atoms with E-state index in [2.05, 4.69) is 0 Å². The molecule has 0 saturated carbocycles. The summed E-state index contributed by atoms with van der Waals surface area (Å²) >= 11 is 5.79. The Hall–Kier alpha value is -1.96. The van der Waals surface area contributed by atoms with Crippen LogP contribution in [0.25, 0.3) is 0 Å². The third-order valence-electron chi connectivity index (χ3n) is 2.75. The van der Waals surface area contributed by atoms with Gasteiger partial charge < -0.3 is 4.74 Å². The average molecular weight is 344 g/mol. The van der Waals surface area contributed by atoms with Gasteiger partial charge in [-0.2, -0.15) is 0 Å². The molecular formula is C14H11ClFNO4S. The number of hydrogen-bond acceptors (Lipinski definition) is 4. The number of rotatable bonds is 4. The molecule has 0 saturated heterocycles. The number of carbonyl (C=O) groups is 1. The topological polar surface area (TPSA) is 86.5 Å². The Labute approximate surface area is 131 Å². The summed E-state index contributed by atoms with van der Waals surface area (Å²) in [4.78, 5) is 11.5. The van der Waals surface area contributed by atoms with Gasteiger partial charge in [0.05, 0.1) is 10.5 Å². The Morgan fingerprint density at radius 1 is 1.23 bits per heavy atom. The summed E-state index contributed by atoms with van der Waals surface area (Å²) in [6.07, 6.45) is 0.